The minimum absolute atomic E-state index is 0.0480. The zero-order chi connectivity index (χ0) is 14.0. The van der Waals surface area contributed by atoms with E-state index >= 15 is 0 Å². The minimum Gasteiger partial charge on any atom is -0.495 e. The summed E-state index contributed by atoms with van der Waals surface area (Å²) in [5.41, 5.74) is 0.300. The van der Waals surface area contributed by atoms with E-state index in [1.807, 2.05) is 0 Å². The molecular weight excluding hydrogens is 270 g/mol. The van der Waals surface area contributed by atoms with Crippen LogP contribution in [0.4, 0.5) is 0 Å². The molecule has 0 aliphatic heterocycles. The highest BCUT2D eigenvalue weighted by atomic mass is 35.5. The third-order valence-corrected chi connectivity index (χ3v) is 3.13. The number of aryl methyl sites for hydroxylation is 1. The molecule has 0 saturated carbocycles. The number of benzene rings is 1. The van der Waals surface area contributed by atoms with Gasteiger partial charge in [-0.15, -0.1) is 0 Å². The van der Waals surface area contributed by atoms with Crippen molar-refractivity contribution in [1.29, 1.82) is 0 Å². The highest BCUT2D eigenvalue weighted by Crippen LogP contribution is 2.29. The molecule has 0 spiro atoms. The van der Waals surface area contributed by atoms with Crippen molar-refractivity contribution in [3.8, 4) is 5.75 Å². The molecule has 1 heterocycles. The van der Waals surface area contributed by atoms with Crippen LogP contribution in [0.5, 0.6) is 5.75 Å². The van der Waals surface area contributed by atoms with Gasteiger partial charge in [0.25, 0.3) is 0 Å². The molecule has 100 valence electrons. The number of aromatic nitrogens is 1. The predicted molar refractivity (Wildman–Crippen MR) is 72.0 cm³/mol. The zero-order valence-corrected chi connectivity index (χ0v) is 11.0. The number of pyridine rings is 1. The molecule has 0 fully saturated rings. The number of nitrogens with zero attached hydrogens (tertiary/aromatic N) is 1. The second kappa shape index (κ2) is 5.32. The maximum absolute atomic E-state index is 11.9. The van der Waals surface area contributed by atoms with E-state index in [0.29, 0.717) is 21.7 Å². The second-order valence-corrected chi connectivity index (χ2v) is 4.40. The summed E-state index contributed by atoms with van der Waals surface area (Å²) in [5.74, 6) is -0.421. The lowest BCUT2D eigenvalue weighted by molar-refractivity contribution is -0.137. The van der Waals surface area contributed by atoms with Gasteiger partial charge < -0.3 is 14.4 Å². The van der Waals surface area contributed by atoms with Gasteiger partial charge in [-0.1, -0.05) is 11.6 Å². The van der Waals surface area contributed by atoms with Gasteiger partial charge in [-0.3, -0.25) is 9.59 Å². The number of fused-ring (bicyclic) bond motifs is 1. The molecule has 2 aromatic rings. The first-order chi connectivity index (χ1) is 9.04. The minimum atomic E-state index is -0.909. The molecule has 0 saturated heterocycles. The normalized spacial score (nSPS) is 10.6. The Hall–Kier alpha value is -2.01. The molecule has 1 aromatic carbocycles. The molecule has 2 rings (SSSR count). The lowest BCUT2D eigenvalue weighted by Gasteiger charge is -2.13. The Morgan fingerprint density at radius 2 is 2.16 bits per heavy atom. The summed E-state index contributed by atoms with van der Waals surface area (Å²) in [5, 5.41) is 9.42. The van der Waals surface area contributed by atoms with E-state index < -0.39 is 5.97 Å². The van der Waals surface area contributed by atoms with Gasteiger partial charge >= 0.3 is 5.97 Å². The van der Waals surface area contributed by atoms with Gasteiger partial charge in [0.1, 0.15) is 5.75 Å². The van der Waals surface area contributed by atoms with Gasteiger partial charge in [0.15, 0.2) is 5.43 Å². The van der Waals surface area contributed by atoms with Crippen molar-refractivity contribution in [2.45, 2.75) is 13.0 Å². The fourth-order valence-corrected chi connectivity index (χ4v) is 2.20. The van der Waals surface area contributed by atoms with Crippen LogP contribution >= 0.6 is 11.6 Å². The smallest absolute Gasteiger partial charge is 0.305 e. The number of methoxy groups -OCH3 is 1. The number of carboxylic acids is 1. The largest absolute Gasteiger partial charge is 0.495 e. The standard InChI is InChI=1S/C13H12ClNO4/c1-19-10-3-2-8(14)12-9(16)4-6-15(13(10)12)7-5-11(17)18/h2-4,6H,5,7H2,1H3,(H,17,18). The monoisotopic (exact) mass is 281 g/mol. The van der Waals surface area contributed by atoms with Crippen LogP contribution in [0, 0.1) is 0 Å². The topological polar surface area (TPSA) is 68.5 Å². The quantitative estimate of drug-likeness (QED) is 0.932. The van der Waals surface area contributed by atoms with Gasteiger partial charge in [0.2, 0.25) is 0 Å². The summed E-state index contributed by atoms with van der Waals surface area (Å²) in [4.78, 5) is 22.6. The third-order valence-electron chi connectivity index (χ3n) is 2.82. The Labute approximate surface area is 114 Å². The first kappa shape index (κ1) is 13.4. The molecule has 5 nitrogen and oxygen atoms in total. The molecule has 6 heteroatoms. The summed E-state index contributed by atoms with van der Waals surface area (Å²) in [7, 11) is 1.49. The summed E-state index contributed by atoms with van der Waals surface area (Å²) in [6.45, 7) is 0.239. The van der Waals surface area contributed by atoms with E-state index in [1.165, 1.54) is 13.2 Å². The van der Waals surface area contributed by atoms with Crippen LogP contribution in [0.2, 0.25) is 5.02 Å². The van der Waals surface area contributed by atoms with E-state index in [9.17, 15) is 9.59 Å². The van der Waals surface area contributed by atoms with Crippen molar-refractivity contribution >= 4 is 28.5 Å². The fraction of sp³-hybridized carbons (Fsp3) is 0.231. The van der Waals surface area contributed by atoms with Crippen LogP contribution in [0.15, 0.2) is 29.2 Å². The van der Waals surface area contributed by atoms with Crippen molar-refractivity contribution in [2.75, 3.05) is 7.11 Å². The molecule has 0 atom stereocenters. The average Bonchev–Trinajstić information content (AvgIpc) is 2.38. The molecule has 0 radical (unpaired) electrons. The highest BCUT2D eigenvalue weighted by Gasteiger charge is 2.12. The summed E-state index contributed by atoms with van der Waals surface area (Å²) >= 11 is 6.04. The molecule has 0 unspecified atom stereocenters. The van der Waals surface area contributed by atoms with Gasteiger partial charge in [-0.25, -0.2) is 0 Å². The van der Waals surface area contributed by atoms with Gasteiger partial charge in [-0.2, -0.15) is 0 Å². The summed E-state index contributed by atoms with van der Waals surface area (Å²) in [6.07, 6.45) is 1.50. The number of rotatable bonds is 4. The van der Waals surface area contributed by atoms with Crippen molar-refractivity contribution in [2.24, 2.45) is 0 Å². The Morgan fingerprint density at radius 3 is 2.79 bits per heavy atom. The highest BCUT2D eigenvalue weighted by molar-refractivity contribution is 6.35. The molecule has 0 bridgehead atoms. The molecule has 1 aromatic heterocycles. The van der Waals surface area contributed by atoms with E-state index in [2.05, 4.69) is 0 Å². The third kappa shape index (κ3) is 2.56. The Bertz CT molecular complexity index is 693. The maximum atomic E-state index is 11.9. The lowest BCUT2D eigenvalue weighted by Crippen LogP contribution is -2.11. The molecule has 1 N–H and O–H groups in total. The number of carboxylic acid groups (broad SMARTS) is 1. The van der Waals surface area contributed by atoms with Crippen LogP contribution in [0.3, 0.4) is 0 Å². The maximum Gasteiger partial charge on any atom is 0.305 e. The van der Waals surface area contributed by atoms with E-state index in [0.717, 1.165) is 0 Å². The SMILES string of the molecule is COc1ccc(Cl)c2c(=O)ccn(CCC(=O)O)c12. The predicted octanol–water partition coefficient (Wildman–Crippen LogP) is 2.14. The zero-order valence-electron chi connectivity index (χ0n) is 10.2. The van der Waals surface area contributed by atoms with E-state index in [-0.39, 0.29) is 18.4 Å². The molecule has 19 heavy (non-hydrogen) atoms. The number of ether oxygens (including phenoxy) is 1. The van der Waals surface area contributed by atoms with Crippen LogP contribution in [-0.4, -0.2) is 22.8 Å². The fourth-order valence-electron chi connectivity index (χ4n) is 1.95. The number of hydrogen-bond acceptors (Lipinski definition) is 3. The van der Waals surface area contributed by atoms with Crippen molar-refractivity contribution in [3.05, 3.63) is 39.6 Å². The molecular formula is C13H12ClNO4. The number of halogens is 1. The Balaban J connectivity index is 2.71. The van der Waals surface area contributed by atoms with Crippen molar-refractivity contribution < 1.29 is 14.6 Å². The Kier molecular flexibility index (Phi) is 3.76. The van der Waals surface area contributed by atoms with Gasteiger partial charge in [0.05, 0.1) is 29.5 Å². The first-order valence-corrected chi connectivity index (χ1v) is 6.00. The average molecular weight is 282 g/mol. The summed E-state index contributed by atoms with van der Waals surface area (Å²) < 4.78 is 6.88. The Morgan fingerprint density at radius 1 is 1.42 bits per heavy atom. The van der Waals surface area contributed by atoms with Crippen LogP contribution < -0.4 is 10.2 Å². The number of hydrogen-bond donors (Lipinski definition) is 1. The molecule has 0 aliphatic carbocycles. The summed E-state index contributed by atoms with van der Waals surface area (Å²) in [6, 6.07) is 4.61. The van der Waals surface area contributed by atoms with Crippen molar-refractivity contribution in [3.63, 3.8) is 0 Å². The lowest BCUT2D eigenvalue weighted by atomic mass is 10.2. The van der Waals surface area contributed by atoms with Crippen LogP contribution in [-0.2, 0) is 11.3 Å². The van der Waals surface area contributed by atoms with Crippen molar-refractivity contribution in [1.82, 2.24) is 4.57 Å². The van der Waals surface area contributed by atoms with E-state index in [4.69, 9.17) is 21.4 Å². The van der Waals surface area contributed by atoms with Gasteiger partial charge in [0, 0.05) is 18.8 Å². The number of carbonyl (C=O) groups is 1. The molecule has 0 amide bonds. The number of aliphatic carboxylic acids is 1. The van der Waals surface area contributed by atoms with E-state index in [1.54, 1.807) is 22.9 Å². The van der Waals surface area contributed by atoms with Crippen LogP contribution in [0.1, 0.15) is 6.42 Å². The molecule has 0 aliphatic rings. The van der Waals surface area contributed by atoms with Gasteiger partial charge in [-0.05, 0) is 12.1 Å². The second-order valence-electron chi connectivity index (χ2n) is 3.99. The van der Waals surface area contributed by atoms with Crippen LogP contribution in [0.25, 0.3) is 10.9 Å². The first-order valence-electron chi connectivity index (χ1n) is 5.62.